The summed E-state index contributed by atoms with van der Waals surface area (Å²) in [5.74, 6) is -3.76. The van der Waals surface area contributed by atoms with E-state index in [1.807, 2.05) is 0 Å². The molecule has 0 aromatic rings. The van der Waals surface area contributed by atoms with Crippen molar-refractivity contribution < 1.29 is 33.4 Å². The molecule has 0 amide bonds. The molecule has 0 spiro atoms. The van der Waals surface area contributed by atoms with Gasteiger partial charge in [-0.15, -0.1) is 0 Å². The monoisotopic (exact) mass is 366 g/mol. The van der Waals surface area contributed by atoms with Gasteiger partial charge < -0.3 is 37.1 Å². The Morgan fingerprint density at radius 1 is 1.00 bits per heavy atom. The van der Waals surface area contributed by atoms with Gasteiger partial charge in [0.05, 0.1) is 6.54 Å². The molecule has 11 nitrogen and oxygen atoms in total. The second-order valence-corrected chi connectivity index (χ2v) is 5.06. The Hall–Kier alpha value is -1.73. The van der Waals surface area contributed by atoms with Crippen LogP contribution in [0.15, 0.2) is 0 Å². The van der Waals surface area contributed by atoms with Crippen molar-refractivity contribution in [2.24, 2.45) is 22.9 Å². The van der Waals surface area contributed by atoms with Gasteiger partial charge in [-0.05, 0) is 6.92 Å². The van der Waals surface area contributed by atoms with Gasteiger partial charge in [0.25, 0.3) is 0 Å². The van der Waals surface area contributed by atoms with Crippen LogP contribution in [0.25, 0.3) is 0 Å². The van der Waals surface area contributed by atoms with Gasteiger partial charge in [0, 0.05) is 5.75 Å². The second-order valence-electron chi connectivity index (χ2n) is 4.69. The third-order valence-corrected chi connectivity index (χ3v) is 3.06. The number of rotatable bonds is 9. The van der Waals surface area contributed by atoms with Crippen LogP contribution in [0.2, 0.25) is 0 Å². The minimum absolute atomic E-state index is 0.0592. The molecular formula is C12H22N4O7S. The zero-order chi connectivity index (χ0) is 18.9. The van der Waals surface area contributed by atoms with E-state index < -0.39 is 61.3 Å². The van der Waals surface area contributed by atoms with Gasteiger partial charge in [0.1, 0.15) is 30.8 Å². The molecule has 0 unspecified atom stereocenters. The molecule has 0 aliphatic rings. The molecule has 0 aliphatic carbocycles. The van der Waals surface area contributed by atoms with Gasteiger partial charge in [-0.2, -0.15) is 12.6 Å². The average Bonchev–Trinajstić information content (AvgIpc) is 2.56. The molecule has 0 aromatic carbocycles. The van der Waals surface area contributed by atoms with Gasteiger partial charge in [-0.1, -0.05) is 0 Å². The molecule has 0 aromatic heterocycles. The predicted molar refractivity (Wildman–Crippen MR) is 84.4 cm³/mol. The Bertz CT molecular complexity index is 476. The molecule has 0 aliphatic heterocycles. The smallest absolute Gasteiger partial charge is 0.334 e. The van der Waals surface area contributed by atoms with E-state index in [0.29, 0.717) is 0 Å². The Morgan fingerprint density at radius 2 is 1.58 bits per heavy atom. The first-order valence-corrected chi connectivity index (χ1v) is 7.46. The normalized spacial score (nSPS) is 15.6. The molecule has 24 heavy (non-hydrogen) atoms. The Balaban J connectivity index is 4.37. The van der Waals surface area contributed by atoms with Gasteiger partial charge >= 0.3 is 23.9 Å². The first kappa shape index (κ1) is 22.3. The van der Waals surface area contributed by atoms with Gasteiger partial charge in [-0.25, -0.2) is 4.79 Å². The summed E-state index contributed by atoms with van der Waals surface area (Å²) < 4.78 is 13.9. The van der Waals surface area contributed by atoms with Gasteiger partial charge in [0.15, 0.2) is 0 Å². The minimum atomic E-state index is -1.40. The first-order valence-electron chi connectivity index (χ1n) is 6.83. The molecule has 0 rings (SSSR count). The molecule has 0 heterocycles. The van der Waals surface area contributed by atoms with Crippen molar-refractivity contribution in [2.45, 2.75) is 31.2 Å². The van der Waals surface area contributed by atoms with Crippen LogP contribution < -0.4 is 22.9 Å². The number of hydrogen-bond acceptors (Lipinski definition) is 12. The van der Waals surface area contributed by atoms with Crippen molar-refractivity contribution in [1.29, 1.82) is 0 Å². The van der Waals surface area contributed by atoms with Crippen LogP contribution in [-0.4, -0.2) is 67.0 Å². The van der Waals surface area contributed by atoms with Crippen molar-refractivity contribution in [3.05, 3.63) is 0 Å². The fourth-order valence-corrected chi connectivity index (χ4v) is 1.32. The van der Waals surface area contributed by atoms with Gasteiger partial charge in [0.2, 0.25) is 0 Å². The van der Waals surface area contributed by atoms with Crippen LogP contribution >= 0.6 is 12.6 Å². The quantitative estimate of drug-likeness (QED) is 0.117. The van der Waals surface area contributed by atoms with Crippen LogP contribution in [0.1, 0.15) is 6.92 Å². The minimum Gasteiger partial charge on any atom is -0.462 e. The van der Waals surface area contributed by atoms with E-state index >= 15 is 0 Å². The largest absolute Gasteiger partial charge is 0.462 e. The van der Waals surface area contributed by atoms with Crippen LogP contribution in [0, 0.1) is 0 Å². The topological polar surface area (TPSA) is 200 Å². The first-order chi connectivity index (χ1) is 11.1. The lowest BCUT2D eigenvalue weighted by Gasteiger charge is -2.21. The highest BCUT2D eigenvalue weighted by Gasteiger charge is 2.28. The van der Waals surface area contributed by atoms with Crippen LogP contribution in [0.5, 0.6) is 0 Å². The zero-order valence-corrected chi connectivity index (χ0v) is 13.9. The number of carbonyl (C=O) groups excluding carboxylic acids is 4. The van der Waals surface area contributed by atoms with Crippen LogP contribution in [-0.2, 0) is 33.4 Å². The second kappa shape index (κ2) is 10.9. The molecular weight excluding hydrogens is 344 g/mol. The molecule has 12 heteroatoms. The fourth-order valence-electron chi connectivity index (χ4n) is 1.18. The van der Waals surface area contributed by atoms with Crippen molar-refractivity contribution in [2.75, 3.05) is 18.9 Å². The number of hydrogen-bond donors (Lipinski definition) is 5. The summed E-state index contributed by atoms with van der Waals surface area (Å²) in [6.07, 6.45) is -1.03. The average molecular weight is 366 g/mol. The van der Waals surface area contributed by atoms with E-state index in [0.717, 1.165) is 0 Å². The molecule has 138 valence electrons. The number of nitrogens with two attached hydrogens (primary N) is 4. The summed E-state index contributed by atoms with van der Waals surface area (Å²) in [5, 5.41) is 0. The van der Waals surface area contributed by atoms with E-state index in [1.54, 1.807) is 0 Å². The van der Waals surface area contributed by atoms with E-state index in [9.17, 15) is 19.2 Å². The van der Waals surface area contributed by atoms with Gasteiger partial charge in [-0.3, -0.25) is 14.4 Å². The number of carbonyl (C=O) groups is 4. The Morgan fingerprint density at radius 3 is 2.08 bits per heavy atom. The standard InChI is InChI=1S/C12H22N4O7S/c1-5(22-11(19)7(15)4-24)9(16)12(20)21-3-6(14)10(18)23-8(17)2-13/h5-7,9,24H,2-4,13-16H2,1H3/t5-,6+,7+,9+/m1/s1. The summed E-state index contributed by atoms with van der Waals surface area (Å²) in [7, 11) is 0. The maximum atomic E-state index is 11.7. The van der Waals surface area contributed by atoms with Crippen molar-refractivity contribution in [3.63, 3.8) is 0 Å². The lowest BCUT2D eigenvalue weighted by molar-refractivity contribution is -0.161. The van der Waals surface area contributed by atoms with Crippen molar-refractivity contribution in [3.8, 4) is 0 Å². The summed E-state index contributed by atoms with van der Waals surface area (Å²) in [5.41, 5.74) is 21.3. The maximum Gasteiger partial charge on any atom is 0.334 e. The number of ether oxygens (including phenoxy) is 3. The Kier molecular flexibility index (Phi) is 10.1. The molecule has 0 bridgehead atoms. The maximum absolute atomic E-state index is 11.7. The lowest BCUT2D eigenvalue weighted by Crippen LogP contribution is -2.48. The molecule has 0 radical (unpaired) electrons. The summed E-state index contributed by atoms with van der Waals surface area (Å²) >= 11 is 3.84. The summed E-state index contributed by atoms with van der Waals surface area (Å²) in [6, 6.07) is -3.68. The van der Waals surface area contributed by atoms with E-state index in [-0.39, 0.29) is 5.75 Å². The molecule has 0 saturated carbocycles. The molecule has 0 fully saturated rings. The SMILES string of the molecule is C[C@@H](OC(=O)[C@@H](N)CS)[C@H](N)C(=O)OC[C@H](N)C(=O)OC(=O)CN. The van der Waals surface area contributed by atoms with E-state index in [4.69, 9.17) is 32.4 Å². The number of thiol groups is 1. The van der Waals surface area contributed by atoms with Crippen molar-refractivity contribution in [1.82, 2.24) is 0 Å². The molecule has 4 atom stereocenters. The highest BCUT2D eigenvalue weighted by atomic mass is 32.1. The highest BCUT2D eigenvalue weighted by Crippen LogP contribution is 2.02. The van der Waals surface area contributed by atoms with E-state index in [1.165, 1.54) is 6.92 Å². The van der Waals surface area contributed by atoms with E-state index in [2.05, 4.69) is 17.4 Å². The van der Waals surface area contributed by atoms with Crippen LogP contribution in [0.3, 0.4) is 0 Å². The lowest BCUT2D eigenvalue weighted by atomic mass is 10.2. The molecule has 0 saturated heterocycles. The predicted octanol–water partition coefficient (Wildman–Crippen LogP) is -3.60. The van der Waals surface area contributed by atoms with Crippen molar-refractivity contribution >= 4 is 36.5 Å². The molecule has 8 N–H and O–H groups in total. The highest BCUT2D eigenvalue weighted by molar-refractivity contribution is 7.80. The summed E-state index contributed by atoms with van der Waals surface area (Å²) in [4.78, 5) is 45.4. The number of esters is 4. The third-order valence-electron chi connectivity index (χ3n) is 2.67. The zero-order valence-electron chi connectivity index (χ0n) is 13.0. The summed E-state index contributed by atoms with van der Waals surface area (Å²) in [6.45, 7) is 0.281. The van der Waals surface area contributed by atoms with Crippen LogP contribution in [0.4, 0.5) is 0 Å². The third kappa shape index (κ3) is 7.70. The Labute approximate surface area is 143 Å². The fraction of sp³-hybridized carbons (Fsp3) is 0.667.